The van der Waals surface area contributed by atoms with Gasteiger partial charge in [-0.05, 0) is 30.3 Å². The summed E-state index contributed by atoms with van der Waals surface area (Å²) in [6, 6.07) is 11.6. The summed E-state index contributed by atoms with van der Waals surface area (Å²) in [5.74, 6) is 0. The molecule has 0 bridgehead atoms. The minimum absolute atomic E-state index is 0.0634. The van der Waals surface area contributed by atoms with Gasteiger partial charge in [0.05, 0.1) is 16.2 Å². The van der Waals surface area contributed by atoms with Crippen molar-refractivity contribution in [3.8, 4) is 6.07 Å². The van der Waals surface area contributed by atoms with Crippen molar-refractivity contribution in [1.29, 1.82) is 5.26 Å². The molecule has 0 aliphatic heterocycles. The van der Waals surface area contributed by atoms with Crippen LogP contribution in [0.25, 0.3) is 0 Å². The number of nitrogen functional groups attached to an aromatic ring is 1. The lowest BCUT2D eigenvalue weighted by Crippen LogP contribution is -1.98. The lowest BCUT2D eigenvalue weighted by atomic mass is 10.2. The first-order valence-corrected chi connectivity index (χ1v) is 6.31. The molecule has 0 saturated carbocycles. The summed E-state index contributed by atoms with van der Waals surface area (Å²) in [6.07, 6.45) is 0. The summed E-state index contributed by atoms with van der Waals surface area (Å²) in [7, 11) is 0. The third-order valence-corrected chi connectivity index (χ3v) is 3.10. The number of rotatable bonds is 3. The minimum atomic E-state index is -0.543. The highest BCUT2D eigenvalue weighted by Crippen LogP contribution is 2.29. The molecule has 0 unspecified atom stereocenters. The highest BCUT2D eigenvalue weighted by molar-refractivity contribution is 9.10. The molecule has 2 rings (SSSR count). The average Bonchev–Trinajstić information content (AvgIpc) is 2.38. The maximum atomic E-state index is 10.7. The second-order valence-corrected chi connectivity index (χ2v) is 4.87. The van der Waals surface area contributed by atoms with E-state index >= 15 is 0 Å². The van der Waals surface area contributed by atoms with Crippen LogP contribution in [-0.4, -0.2) is 4.92 Å². The molecule has 2 aromatic carbocycles. The van der Waals surface area contributed by atoms with Gasteiger partial charge in [-0.25, -0.2) is 0 Å². The third kappa shape index (κ3) is 2.87. The second kappa shape index (κ2) is 5.59. The first-order valence-electron chi connectivity index (χ1n) is 5.52. The molecule has 0 amide bonds. The molecule has 0 fully saturated rings. The molecule has 0 aliphatic rings. The number of nitro groups is 1. The zero-order valence-electron chi connectivity index (χ0n) is 10.1. The number of anilines is 3. The molecule has 0 radical (unpaired) electrons. The highest BCUT2D eigenvalue weighted by Gasteiger charge is 2.12. The van der Waals surface area contributed by atoms with Crippen molar-refractivity contribution in [2.24, 2.45) is 0 Å². The van der Waals surface area contributed by atoms with Gasteiger partial charge in [0.15, 0.2) is 0 Å². The van der Waals surface area contributed by atoms with E-state index in [1.165, 1.54) is 18.2 Å². The van der Waals surface area contributed by atoms with E-state index in [-0.39, 0.29) is 11.4 Å². The topological polar surface area (TPSA) is 105 Å². The molecule has 6 nitrogen and oxygen atoms in total. The molecular weight excluding hydrogens is 324 g/mol. The molecule has 0 aromatic heterocycles. The van der Waals surface area contributed by atoms with Gasteiger partial charge in [0.2, 0.25) is 0 Å². The van der Waals surface area contributed by atoms with Crippen molar-refractivity contribution >= 4 is 38.7 Å². The second-order valence-electron chi connectivity index (χ2n) is 3.96. The Morgan fingerprint density at radius 2 is 2.05 bits per heavy atom. The fourth-order valence-corrected chi connectivity index (χ4v) is 2.03. The zero-order chi connectivity index (χ0) is 14.7. The van der Waals surface area contributed by atoms with E-state index in [0.29, 0.717) is 16.9 Å². The van der Waals surface area contributed by atoms with Crippen LogP contribution in [-0.2, 0) is 0 Å². The van der Waals surface area contributed by atoms with Crippen molar-refractivity contribution < 1.29 is 4.92 Å². The zero-order valence-corrected chi connectivity index (χ0v) is 11.7. The Hall–Kier alpha value is -2.59. The van der Waals surface area contributed by atoms with Crippen molar-refractivity contribution in [3.63, 3.8) is 0 Å². The minimum Gasteiger partial charge on any atom is -0.393 e. The molecule has 2 aromatic rings. The Morgan fingerprint density at radius 3 is 2.65 bits per heavy atom. The number of halogens is 1. The fourth-order valence-electron chi connectivity index (χ4n) is 1.67. The molecule has 7 heteroatoms. The summed E-state index contributed by atoms with van der Waals surface area (Å²) in [5.41, 5.74) is 7.16. The van der Waals surface area contributed by atoms with Gasteiger partial charge in [-0.3, -0.25) is 10.1 Å². The van der Waals surface area contributed by atoms with Crippen LogP contribution in [0.3, 0.4) is 0 Å². The molecule has 0 atom stereocenters. The van der Waals surface area contributed by atoms with Crippen LogP contribution in [0.2, 0.25) is 0 Å². The number of benzene rings is 2. The van der Waals surface area contributed by atoms with Crippen LogP contribution < -0.4 is 11.1 Å². The van der Waals surface area contributed by atoms with Crippen LogP contribution in [0.4, 0.5) is 22.7 Å². The van der Waals surface area contributed by atoms with Gasteiger partial charge in [0.25, 0.3) is 5.69 Å². The monoisotopic (exact) mass is 332 g/mol. The predicted octanol–water partition coefficient (Wildman–Crippen LogP) is 3.55. The Morgan fingerprint density at radius 1 is 1.30 bits per heavy atom. The Bertz CT molecular complexity index is 725. The summed E-state index contributed by atoms with van der Waals surface area (Å²) in [5, 5.41) is 22.7. The van der Waals surface area contributed by atoms with E-state index in [9.17, 15) is 10.1 Å². The standard InChI is InChI=1S/C13H9BrN4O2/c14-9-2-1-8(7-15)12(5-9)17-10-3-4-13(18(19)20)11(16)6-10/h1-6,17H,16H2. The molecule has 0 aliphatic carbocycles. The Labute approximate surface area is 123 Å². The third-order valence-electron chi connectivity index (χ3n) is 2.61. The first-order chi connectivity index (χ1) is 9.51. The van der Waals surface area contributed by atoms with Crippen molar-refractivity contribution in [1.82, 2.24) is 0 Å². The van der Waals surface area contributed by atoms with Gasteiger partial charge in [0.1, 0.15) is 11.8 Å². The van der Waals surface area contributed by atoms with Crippen LogP contribution in [0, 0.1) is 21.4 Å². The normalized spacial score (nSPS) is 9.80. The number of hydrogen-bond donors (Lipinski definition) is 2. The Kier molecular flexibility index (Phi) is 3.86. The molecule has 0 heterocycles. The van der Waals surface area contributed by atoms with Crippen LogP contribution in [0.5, 0.6) is 0 Å². The molecule has 0 saturated heterocycles. The molecular formula is C13H9BrN4O2. The molecule has 3 N–H and O–H groups in total. The number of nitrogens with zero attached hydrogens (tertiary/aromatic N) is 2. The first kappa shape index (κ1) is 13.8. The number of nitro benzene ring substituents is 1. The summed E-state index contributed by atoms with van der Waals surface area (Å²) >= 11 is 3.32. The van der Waals surface area contributed by atoms with Gasteiger partial charge in [-0.2, -0.15) is 5.26 Å². The summed E-state index contributed by atoms with van der Waals surface area (Å²) in [6.45, 7) is 0. The van der Waals surface area contributed by atoms with Gasteiger partial charge in [-0.1, -0.05) is 15.9 Å². The van der Waals surface area contributed by atoms with Crippen molar-refractivity contribution in [2.45, 2.75) is 0 Å². The van der Waals surface area contributed by atoms with Gasteiger partial charge in [0, 0.05) is 16.2 Å². The smallest absolute Gasteiger partial charge is 0.292 e. The number of hydrogen-bond acceptors (Lipinski definition) is 5. The number of nitriles is 1. The number of nitrogens with one attached hydrogen (secondary N) is 1. The molecule has 20 heavy (non-hydrogen) atoms. The van der Waals surface area contributed by atoms with E-state index in [1.807, 2.05) is 0 Å². The Balaban J connectivity index is 2.36. The average molecular weight is 333 g/mol. The largest absolute Gasteiger partial charge is 0.393 e. The summed E-state index contributed by atoms with van der Waals surface area (Å²) in [4.78, 5) is 10.1. The fraction of sp³-hybridized carbons (Fsp3) is 0. The molecule has 100 valence electrons. The van der Waals surface area contributed by atoms with Crippen LogP contribution >= 0.6 is 15.9 Å². The van der Waals surface area contributed by atoms with E-state index < -0.39 is 4.92 Å². The maximum Gasteiger partial charge on any atom is 0.292 e. The SMILES string of the molecule is N#Cc1ccc(Br)cc1Nc1ccc([N+](=O)[O-])c(N)c1. The van der Waals surface area contributed by atoms with Gasteiger partial charge < -0.3 is 11.1 Å². The maximum absolute atomic E-state index is 10.7. The predicted molar refractivity (Wildman–Crippen MR) is 79.6 cm³/mol. The van der Waals surface area contributed by atoms with Crippen molar-refractivity contribution in [2.75, 3.05) is 11.1 Å². The van der Waals surface area contributed by atoms with E-state index in [1.54, 1.807) is 18.2 Å². The quantitative estimate of drug-likeness (QED) is 0.508. The van der Waals surface area contributed by atoms with Crippen LogP contribution in [0.1, 0.15) is 5.56 Å². The molecule has 0 spiro atoms. The number of nitrogens with two attached hydrogens (primary N) is 1. The summed E-state index contributed by atoms with van der Waals surface area (Å²) < 4.78 is 0.814. The van der Waals surface area contributed by atoms with E-state index in [0.717, 1.165) is 4.47 Å². The lowest BCUT2D eigenvalue weighted by Gasteiger charge is -2.09. The van der Waals surface area contributed by atoms with E-state index in [4.69, 9.17) is 11.0 Å². The van der Waals surface area contributed by atoms with Crippen LogP contribution in [0.15, 0.2) is 40.9 Å². The van der Waals surface area contributed by atoms with Gasteiger partial charge >= 0.3 is 0 Å². The van der Waals surface area contributed by atoms with Crippen molar-refractivity contribution in [3.05, 3.63) is 56.5 Å². The van der Waals surface area contributed by atoms with E-state index in [2.05, 4.69) is 27.3 Å². The highest BCUT2D eigenvalue weighted by atomic mass is 79.9. The van der Waals surface area contributed by atoms with Gasteiger partial charge in [-0.15, -0.1) is 0 Å². The lowest BCUT2D eigenvalue weighted by molar-refractivity contribution is -0.383.